The second kappa shape index (κ2) is 7.89. The largest absolute Gasteiger partial charge is 0.346 e. The molecule has 5 rings (SSSR count). The van der Waals surface area contributed by atoms with Gasteiger partial charge in [0, 0.05) is 49.2 Å². The number of nitrogens with zero attached hydrogens (tertiary/aromatic N) is 7. The molecule has 0 aliphatic carbocycles. The second-order valence-electron chi connectivity index (χ2n) is 7.92. The molecule has 3 aromatic rings. The van der Waals surface area contributed by atoms with E-state index in [0.717, 1.165) is 66.9 Å². The molecule has 0 saturated carbocycles. The third kappa shape index (κ3) is 3.50. The Balaban J connectivity index is 1.55. The van der Waals surface area contributed by atoms with Crippen LogP contribution in [0.3, 0.4) is 0 Å². The average Bonchev–Trinajstić information content (AvgIpc) is 3.23. The van der Waals surface area contributed by atoms with E-state index < -0.39 is 0 Å². The zero-order chi connectivity index (χ0) is 19.6. The van der Waals surface area contributed by atoms with Crippen molar-refractivity contribution >= 4 is 5.82 Å². The predicted octanol–water partition coefficient (Wildman–Crippen LogP) is 3.76. The first-order chi connectivity index (χ1) is 14.3. The first-order valence-electron chi connectivity index (χ1n) is 10.8. The lowest BCUT2D eigenvalue weighted by atomic mass is 10.0. The van der Waals surface area contributed by atoms with E-state index in [1.807, 2.05) is 12.1 Å². The molecular weight excluding hydrogens is 362 g/mol. The normalized spacial score (nSPS) is 19.2. The van der Waals surface area contributed by atoms with E-state index in [1.165, 1.54) is 25.7 Å². The van der Waals surface area contributed by atoms with E-state index in [0.29, 0.717) is 0 Å². The fourth-order valence-electron chi connectivity index (χ4n) is 4.49. The molecule has 7 heteroatoms. The van der Waals surface area contributed by atoms with Crippen molar-refractivity contribution in [3.63, 3.8) is 0 Å². The number of hydrogen-bond acceptors (Lipinski definition) is 6. The van der Waals surface area contributed by atoms with E-state index in [1.54, 1.807) is 12.4 Å². The summed E-state index contributed by atoms with van der Waals surface area (Å²) < 4.78 is 2.36. The molecule has 2 aliphatic heterocycles. The molecular formula is C22H27N7. The standard InChI is InChI=1S/C22H27N7/c1-2-17-15-20(25-21(24-17)16-9-11-23-12-10-16)28-13-5-3-7-18(28)22-27-26-19-8-4-6-14-29(19)22/h9-12,15,18H,2-8,13-14H2,1H3. The molecule has 0 spiro atoms. The molecule has 7 nitrogen and oxygen atoms in total. The minimum atomic E-state index is 0.230. The lowest BCUT2D eigenvalue weighted by Crippen LogP contribution is -2.36. The van der Waals surface area contributed by atoms with Crippen LogP contribution in [0.25, 0.3) is 11.4 Å². The van der Waals surface area contributed by atoms with Gasteiger partial charge in [0.25, 0.3) is 0 Å². The van der Waals surface area contributed by atoms with Gasteiger partial charge in [-0.3, -0.25) is 4.98 Å². The van der Waals surface area contributed by atoms with Crippen LogP contribution in [-0.4, -0.2) is 36.3 Å². The molecule has 0 amide bonds. The van der Waals surface area contributed by atoms with Crippen molar-refractivity contribution < 1.29 is 0 Å². The number of fused-ring (bicyclic) bond motifs is 1. The van der Waals surface area contributed by atoms with Crippen LogP contribution >= 0.6 is 0 Å². The highest BCUT2D eigenvalue weighted by atomic mass is 15.3. The number of aryl methyl sites for hydroxylation is 2. The van der Waals surface area contributed by atoms with Gasteiger partial charge in [0.1, 0.15) is 11.6 Å². The smallest absolute Gasteiger partial charge is 0.161 e. The van der Waals surface area contributed by atoms with Crippen molar-refractivity contribution in [3.05, 3.63) is 47.9 Å². The lowest BCUT2D eigenvalue weighted by Gasteiger charge is -2.36. The number of aromatic nitrogens is 6. The first-order valence-corrected chi connectivity index (χ1v) is 10.8. The summed E-state index contributed by atoms with van der Waals surface area (Å²) in [7, 11) is 0. The van der Waals surface area contributed by atoms with E-state index in [4.69, 9.17) is 9.97 Å². The molecule has 0 bridgehead atoms. The third-order valence-corrected chi connectivity index (χ3v) is 6.05. The number of pyridine rings is 1. The fourth-order valence-corrected chi connectivity index (χ4v) is 4.49. The summed E-state index contributed by atoms with van der Waals surface area (Å²) in [6.07, 6.45) is 11.4. The van der Waals surface area contributed by atoms with Crippen molar-refractivity contribution in [3.8, 4) is 11.4 Å². The van der Waals surface area contributed by atoms with Gasteiger partial charge in [-0.2, -0.15) is 0 Å². The molecule has 0 radical (unpaired) electrons. The van der Waals surface area contributed by atoms with Crippen LogP contribution in [0.5, 0.6) is 0 Å². The number of hydrogen-bond donors (Lipinski definition) is 0. The summed E-state index contributed by atoms with van der Waals surface area (Å²) in [5.74, 6) is 4.03. The van der Waals surface area contributed by atoms with Gasteiger partial charge < -0.3 is 9.47 Å². The molecule has 0 aromatic carbocycles. The quantitative estimate of drug-likeness (QED) is 0.676. The Hall–Kier alpha value is -2.83. The maximum absolute atomic E-state index is 4.98. The van der Waals surface area contributed by atoms with Gasteiger partial charge >= 0.3 is 0 Å². The molecule has 5 heterocycles. The Labute approximate surface area is 171 Å². The molecule has 0 N–H and O–H groups in total. The molecule has 1 unspecified atom stereocenters. The minimum Gasteiger partial charge on any atom is -0.346 e. The molecule has 1 atom stereocenters. The molecule has 2 aliphatic rings. The fraction of sp³-hybridized carbons (Fsp3) is 0.500. The zero-order valence-electron chi connectivity index (χ0n) is 17.0. The Bertz CT molecular complexity index is 982. The molecule has 3 aromatic heterocycles. The Morgan fingerprint density at radius 1 is 1.00 bits per heavy atom. The van der Waals surface area contributed by atoms with Crippen molar-refractivity contribution in [1.29, 1.82) is 0 Å². The minimum absolute atomic E-state index is 0.230. The van der Waals surface area contributed by atoms with Crippen molar-refractivity contribution in [2.45, 2.75) is 64.5 Å². The summed E-state index contributed by atoms with van der Waals surface area (Å²) in [4.78, 5) is 16.3. The lowest BCUT2D eigenvalue weighted by molar-refractivity contribution is 0.420. The first kappa shape index (κ1) is 18.2. The van der Waals surface area contributed by atoms with Crippen LogP contribution in [0.1, 0.15) is 62.4 Å². The summed E-state index contributed by atoms with van der Waals surface area (Å²) in [5, 5.41) is 9.15. The van der Waals surface area contributed by atoms with Gasteiger partial charge in [-0.25, -0.2) is 9.97 Å². The van der Waals surface area contributed by atoms with Crippen molar-refractivity contribution in [2.75, 3.05) is 11.4 Å². The molecule has 29 heavy (non-hydrogen) atoms. The van der Waals surface area contributed by atoms with Gasteiger partial charge in [0.05, 0.1) is 6.04 Å². The van der Waals surface area contributed by atoms with Crippen LogP contribution < -0.4 is 4.90 Å². The van der Waals surface area contributed by atoms with E-state index in [9.17, 15) is 0 Å². The maximum Gasteiger partial charge on any atom is 0.161 e. The maximum atomic E-state index is 4.98. The van der Waals surface area contributed by atoms with Crippen LogP contribution in [-0.2, 0) is 19.4 Å². The monoisotopic (exact) mass is 389 g/mol. The van der Waals surface area contributed by atoms with E-state index >= 15 is 0 Å². The molecule has 1 fully saturated rings. The van der Waals surface area contributed by atoms with Gasteiger partial charge in [0.15, 0.2) is 11.6 Å². The summed E-state index contributed by atoms with van der Waals surface area (Å²) in [6.45, 7) is 4.17. The van der Waals surface area contributed by atoms with Crippen LogP contribution in [0, 0.1) is 0 Å². The van der Waals surface area contributed by atoms with Gasteiger partial charge in [-0.05, 0) is 50.7 Å². The molecule has 150 valence electrons. The van der Waals surface area contributed by atoms with Gasteiger partial charge in [0.2, 0.25) is 0 Å². The average molecular weight is 390 g/mol. The summed E-state index contributed by atoms with van der Waals surface area (Å²) in [6, 6.07) is 6.33. The van der Waals surface area contributed by atoms with E-state index in [-0.39, 0.29) is 6.04 Å². The SMILES string of the molecule is CCc1cc(N2CCCCC2c2nnc3n2CCCC3)nc(-c2ccncc2)n1. The molecule has 1 saturated heterocycles. The zero-order valence-corrected chi connectivity index (χ0v) is 17.0. The Morgan fingerprint density at radius 2 is 1.86 bits per heavy atom. The number of anilines is 1. The topological polar surface area (TPSA) is 72.6 Å². The van der Waals surface area contributed by atoms with Crippen LogP contribution in [0.15, 0.2) is 30.6 Å². The third-order valence-electron chi connectivity index (χ3n) is 6.05. The highest BCUT2D eigenvalue weighted by Crippen LogP contribution is 2.35. The number of piperidine rings is 1. The summed E-state index contributed by atoms with van der Waals surface area (Å²) in [5.41, 5.74) is 2.07. The Morgan fingerprint density at radius 3 is 2.72 bits per heavy atom. The van der Waals surface area contributed by atoms with Crippen LogP contribution in [0.4, 0.5) is 5.82 Å². The van der Waals surface area contributed by atoms with Gasteiger partial charge in [-0.15, -0.1) is 10.2 Å². The second-order valence-corrected chi connectivity index (χ2v) is 7.92. The van der Waals surface area contributed by atoms with Gasteiger partial charge in [-0.1, -0.05) is 6.92 Å². The highest BCUT2D eigenvalue weighted by Gasteiger charge is 2.31. The van der Waals surface area contributed by atoms with Crippen molar-refractivity contribution in [1.82, 2.24) is 29.7 Å². The van der Waals surface area contributed by atoms with E-state index in [2.05, 4.69) is 37.6 Å². The predicted molar refractivity (Wildman–Crippen MR) is 112 cm³/mol. The highest BCUT2D eigenvalue weighted by molar-refractivity contribution is 5.57. The van der Waals surface area contributed by atoms with Crippen LogP contribution in [0.2, 0.25) is 0 Å². The van der Waals surface area contributed by atoms with Crippen molar-refractivity contribution in [2.24, 2.45) is 0 Å². The Kier molecular flexibility index (Phi) is 4.96. The summed E-state index contributed by atoms with van der Waals surface area (Å²) >= 11 is 0. The number of rotatable bonds is 4.